The van der Waals surface area contributed by atoms with Crippen molar-refractivity contribution in [3.8, 4) is 5.88 Å². The van der Waals surface area contributed by atoms with Crippen LogP contribution < -0.4 is 10.5 Å². The van der Waals surface area contributed by atoms with Gasteiger partial charge in [-0.25, -0.2) is 9.37 Å². The first-order valence-electron chi connectivity index (χ1n) is 5.10. The third kappa shape index (κ3) is 2.00. The molecule has 0 radical (unpaired) electrons. The van der Waals surface area contributed by atoms with Crippen LogP contribution in [0.3, 0.4) is 0 Å². The predicted octanol–water partition coefficient (Wildman–Crippen LogP) is 2.91. The Bertz CT molecular complexity index is 586. The molecule has 2 aromatic rings. The molecule has 0 amide bonds. The first kappa shape index (κ1) is 12.3. The van der Waals surface area contributed by atoms with Crippen molar-refractivity contribution in [2.45, 2.75) is 13.5 Å². The van der Waals surface area contributed by atoms with Gasteiger partial charge < -0.3 is 10.5 Å². The number of rotatable bonds is 2. The number of fused-ring (bicyclic) bond motifs is 1. The smallest absolute Gasteiger partial charge is 0.218 e. The third-order valence-corrected chi connectivity index (χ3v) is 3.21. The summed E-state index contributed by atoms with van der Waals surface area (Å²) >= 11 is 3.18. The molecule has 1 aromatic carbocycles. The van der Waals surface area contributed by atoms with Crippen molar-refractivity contribution < 1.29 is 9.13 Å². The Morgan fingerprint density at radius 1 is 1.47 bits per heavy atom. The van der Waals surface area contributed by atoms with E-state index in [4.69, 9.17) is 10.5 Å². The number of aromatic nitrogens is 1. The largest absolute Gasteiger partial charge is 0.481 e. The summed E-state index contributed by atoms with van der Waals surface area (Å²) in [6.07, 6.45) is 0. The van der Waals surface area contributed by atoms with Gasteiger partial charge in [0.2, 0.25) is 5.88 Å². The van der Waals surface area contributed by atoms with Crippen molar-refractivity contribution in [3.63, 3.8) is 0 Å². The molecule has 0 bridgehead atoms. The minimum Gasteiger partial charge on any atom is -0.481 e. The maximum atomic E-state index is 14.0. The minimum absolute atomic E-state index is 0.261. The lowest BCUT2D eigenvalue weighted by atomic mass is 10.1. The molecule has 0 fully saturated rings. The summed E-state index contributed by atoms with van der Waals surface area (Å²) in [5.74, 6) is 0.125. The number of aryl methyl sites for hydroxylation is 1. The number of pyridine rings is 1. The molecule has 0 saturated carbocycles. The average molecular weight is 299 g/mol. The molecule has 2 N–H and O–H groups in total. The first-order chi connectivity index (χ1) is 8.08. The van der Waals surface area contributed by atoms with Gasteiger partial charge in [-0.15, -0.1) is 0 Å². The molecule has 90 valence electrons. The molecular weight excluding hydrogens is 287 g/mol. The van der Waals surface area contributed by atoms with Crippen LogP contribution in [0.25, 0.3) is 10.9 Å². The number of hydrogen-bond donors (Lipinski definition) is 1. The molecule has 0 aliphatic carbocycles. The van der Waals surface area contributed by atoms with Crippen LogP contribution in [0.5, 0.6) is 5.88 Å². The maximum Gasteiger partial charge on any atom is 0.218 e. The van der Waals surface area contributed by atoms with Gasteiger partial charge in [0.1, 0.15) is 5.82 Å². The van der Waals surface area contributed by atoms with Gasteiger partial charge in [-0.3, -0.25) is 0 Å². The average Bonchev–Trinajstić information content (AvgIpc) is 2.34. The second-order valence-electron chi connectivity index (χ2n) is 3.75. The highest BCUT2D eigenvalue weighted by molar-refractivity contribution is 9.10. The van der Waals surface area contributed by atoms with E-state index in [1.807, 2.05) is 6.92 Å². The van der Waals surface area contributed by atoms with Crippen molar-refractivity contribution in [1.29, 1.82) is 0 Å². The van der Waals surface area contributed by atoms with Crippen LogP contribution in [-0.2, 0) is 6.54 Å². The van der Waals surface area contributed by atoms with Crippen LogP contribution in [0.2, 0.25) is 0 Å². The van der Waals surface area contributed by atoms with E-state index < -0.39 is 0 Å². The summed E-state index contributed by atoms with van der Waals surface area (Å²) in [5.41, 5.74) is 7.76. The molecule has 0 saturated heterocycles. The Kier molecular flexibility index (Phi) is 3.31. The van der Waals surface area contributed by atoms with Crippen molar-refractivity contribution in [2.24, 2.45) is 5.73 Å². The monoisotopic (exact) mass is 298 g/mol. The van der Waals surface area contributed by atoms with Gasteiger partial charge in [0.05, 0.1) is 17.1 Å². The van der Waals surface area contributed by atoms with Crippen LogP contribution in [-0.4, -0.2) is 12.1 Å². The molecule has 5 heteroatoms. The molecule has 2 rings (SSSR count). The van der Waals surface area contributed by atoms with E-state index in [1.165, 1.54) is 7.11 Å². The summed E-state index contributed by atoms with van der Waals surface area (Å²) in [5, 5.41) is 0.457. The maximum absolute atomic E-state index is 14.0. The van der Waals surface area contributed by atoms with Crippen molar-refractivity contribution in [1.82, 2.24) is 4.98 Å². The first-order valence-corrected chi connectivity index (χ1v) is 5.90. The minimum atomic E-state index is -0.324. The normalized spacial score (nSPS) is 10.9. The predicted molar refractivity (Wildman–Crippen MR) is 68.6 cm³/mol. The quantitative estimate of drug-likeness (QED) is 0.927. The zero-order valence-electron chi connectivity index (χ0n) is 9.55. The SMILES string of the molecule is COc1nc2c(C)cc(Br)c(F)c2cc1CN. The number of hydrogen-bond acceptors (Lipinski definition) is 3. The van der Waals surface area contributed by atoms with Crippen LogP contribution in [0.4, 0.5) is 4.39 Å². The van der Waals surface area contributed by atoms with E-state index in [-0.39, 0.29) is 12.4 Å². The molecule has 17 heavy (non-hydrogen) atoms. The summed E-state index contributed by atoms with van der Waals surface area (Å²) in [6, 6.07) is 3.39. The Morgan fingerprint density at radius 3 is 2.76 bits per heavy atom. The summed E-state index contributed by atoms with van der Waals surface area (Å²) in [4.78, 5) is 4.30. The number of halogens is 2. The Balaban J connectivity index is 2.87. The fraction of sp³-hybridized carbons (Fsp3) is 0.250. The van der Waals surface area contributed by atoms with Crippen molar-refractivity contribution in [3.05, 3.63) is 33.5 Å². The van der Waals surface area contributed by atoms with Gasteiger partial charge in [0, 0.05) is 17.5 Å². The number of benzene rings is 1. The van der Waals surface area contributed by atoms with Gasteiger partial charge in [0.15, 0.2) is 0 Å². The van der Waals surface area contributed by atoms with E-state index in [0.29, 0.717) is 26.8 Å². The molecular formula is C12H12BrFN2O. The third-order valence-electron chi connectivity index (χ3n) is 2.64. The van der Waals surface area contributed by atoms with Gasteiger partial charge >= 0.3 is 0 Å². The fourth-order valence-electron chi connectivity index (χ4n) is 1.78. The summed E-state index contributed by atoms with van der Waals surface area (Å²) in [7, 11) is 1.53. The van der Waals surface area contributed by atoms with Gasteiger partial charge in [-0.1, -0.05) is 0 Å². The zero-order valence-corrected chi connectivity index (χ0v) is 11.1. The molecule has 0 spiro atoms. The standard InChI is InChI=1S/C12H12BrFN2O/c1-6-3-9(13)10(14)8-4-7(5-15)12(17-2)16-11(6)8/h3-4H,5,15H2,1-2H3. The van der Waals surface area contributed by atoms with Crippen LogP contribution in [0.1, 0.15) is 11.1 Å². The molecule has 1 aromatic heterocycles. The number of nitrogens with two attached hydrogens (primary N) is 1. The van der Waals surface area contributed by atoms with Crippen molar-refractivity contribution in [2.75, 3.05) is 7.11 Å². The van der Waals surface area contributed by atoms with Gasteiger partial charge in [-0.2, -0.15) is 0 Å². The molecule has 3 nitrogen and oxygen atoms in total. The van der Waals surface area contributed by atoms with Crippen LogP contribution in [0.15, 0.2) is 16.6 Å². The number of nitrogens with zero attached hydrogens (tertiary/aromatic N) is 1. The second-order valence-corrected chi connectivity index (χ2v) is 4.60. The van der Waals surface area contributed by atoms with Crippen LogP contribution >= 0.6 is 15.9 Å². The fourth-order valence-corrected chi connectivity index (χ4v) is 2.34. The lowest BCUT2D eigenvalue weighted by molar-refractivity contribution is 0.394. The topological polar surface area (TPSA) is 48.1 Å². The molecule has 1 heterocycles. The molecule has 0 aliphatic heterocycles. The van der Waals surface area contributed by atoms with Gasteiger partial charge in [-0.05, 0) is 40.5 Å². The number of ether oxygens (including phenoxy) is 1. The second kappa shape index (κ2) is 4.58. The van der Waals surface area contributed by atoms with Crippen LogP contribution in [0, 0.1) is 12.7 Å². The Hall–Kier alpha value is -1.20. The van der Waals surface area contributed by atoms with E-state index in [1.54, 1.807) is 12.1 Å². The molecule has 0 aliphatic rings. The lowest BCUT2D eigenvalue weighted by Crippen LogP contribution is -2.03. The molecule has 0 atom stereocenters. The van der Waals surface area contributed by atoms with E-state index in [2.05, 4.69) is 20.9 Å². The number of methoxy groups -OCH3 is 1. The highest BCUT2D eigenvalue weighted by atomic mass is 79.9. The Labute approximate surface area is 107 Å². The highest BCUT2D eigenvalue weighted by Crippen LogP contribution is 2.30. The molecule has 0 unspecified atom stereocenters. The van der Waals surface area contributed by atoms with E-state index in [9.17, 15) is 4.39 Å². The zero-order chi connectivity index (χ0) is 12.6. The summed E-state index contributed by atoms with van der Waals surface area (Å²) < 4.78 is 19.5. The lowest BCUT2D eigenvalue weighted by Gasteiger charge is -2.10. The highest BCUT2D eigenvalue weighted by Gasteiger charge is 2.13. The van der Waals surface area contributed by atoms with E-state index >= 15 is 0 Å². The summed E-state index contributed by atoms with van der Waals surface area (Å²) in [6.45, 7) is 2.14. The van der Waals surface area contributed by atoms with E-state index in [0.717, 1.165) is 5.56 Å². The van der Waals surface area contributed by atoms with Gasteiger partial charge in [0.25, 0.3) is 0 Å². The van der Waals surface area contributed by atoms with Crippen molar-refractivity contribution >= 4 is 26.8 Å². The Morgan fingerprint density at radius 2 is 2.18 bits per heavy atom.